The molecule has 10 heteroatoms. The summed E-state index contributed by atoms with van der Waals surface area (Å²) in [7, 11) is 0. The predicted molar refractivity (Wildman–Crippen MR) is 169 cm³/mol. The molecule has 0 spiro atoms. The molecule has 7 rings (SSSR count). The van der Waals surface area contributed by atoms with Crippen molar-refractivity contribution in [2.75, 3.05) is 5.73 Å². The first-order valence-electron chi connectivity index (χ1n) is 14.0. The van der Waals surface area contributed by atoms with Crippen molar-refractivity contribution in [3.8, 4) is 17.5 Å². The molecule has 2 aromatic carbocycles. The molecule has 5 heterocycles. The fourth-order valence-electron chi connectivity index (χ4n) is 5.45. The molecule has 44 heavy (non-hydrogen) atoms. The Morgan fingerprint density at radius 2 is 1.77 bits per heavy atom. The van der Waals surface area contributed by atoms with Crippen molar-refractivity contribution in [2.24, 2.45) is 0 Å². The number of nitrogens with two attached hydrogens (primary N) is 1. The molecule has 0 bridgehead atoms. The Morgan fingerprint density at radius 3 is 2.61 bits per heavy atom. The maximum absolute atomic E-state index is 14.4. The van der Waals surface area contributed by atoms with E-state index in [1.807, 2.05) is 92.8 Å². The Kier molecular flexibility index (Phi) is 6.40. The Hall–Kier alpha value is -6.21. The van der Waals surface area contributed by atoms with Crippen LogP contribution in [-0.4, -0.2) is 34.7 Å². The fraction of sp³-hybridized carbons (Fsp3) is 0.0882. The second kappa shape index (κ2) is 10.6. The number of rotatable bonds is 4. The first-order valence-corrected chi connectivity index (χ1v) is 14.0. The number of benzene rings is 2. The number of anilines is 1. The van der Waals surface area contributed by atoms with Crippen LogP contribution in [-0.2, 0) is 0 Å². The van der Waals surface area contributed by atoms with Gasteiger partial charge in [-0.05, 0) is 61.7 Å². The van der Waals surface area contributed by atoms with E-state index in [9.17, 15) is 9.59 Å². The number of pyridine rings is 2. The van der Waals surface area contributed by atoms with Crippen molar-refractivity contribution in [1.82, 2.24) is 34.1 Å². The van der Waals surface area contributed by atoms with E-state index in [4.69, 9.17) is 5.73 Å². The lowest BCUT2D eigenvalue weighted by Crippen LogP contribution is -2.32. The van der Waals surface area contributed by atoms with Gasteiger partial charge in [-0.1, -0.05) is 48.2 Å². The van der Waals surface area contributed by atoms with Crippen LogP contribution >= 0.6 is 0 Å². The number of aryl methyl sites for hydroxylation is 1. The number of hydrogen-bond donors (Lipinski definition) is 2. The van der Waals surface area contributed by atoms with E-state index in [2.05, 4.69) is 32.3 Å². The molecule has 0 aliphatic rings. The Morgan fingerprint density at radius 1 is 0.977 bits per heavy atom. The molecule has 10 nitrogen and oxygen atoms in total. The molecule has 7 aromatic rings. The number of fused-ring (bicyclic) bond motifs is 3. The van der Waals surface area contributed by atoms with Gasteiger partial charge in [0.15, 0.2) is 11.5 Å². The number of aromatic nitrogens is 6. The van der Waals surface area contributed by atoms with Gasteiger partial charge in [-0.15, -0.1) is 5.10 Å². The summed E-state index contributed by atoms with van der Waals surface area (Å²) in [5.41, 5.74) is 10.7. The molecule has 214 valence electrons. The van der Waals surface area contributed by atoms with Gasteiger partial charge >= 0.3 is 0 Å². The lowest BCUT2D eigenvalue weighted by molar-refractivity contribution is 0.0941. The summed E-state index contributed by atoms with van der Waals surface area (Å²) in [6, 6.07) is 23.8. The molecule has 1 unspecified atom stereocenters. The van der Waals surface area contributed by atoms with Gasteiger partial charge in [0.05, 0.1) is 28.7 Å². The van der Waals surface area contributed by atoms with Crippen LogP contribution in [0.3, 0.4) is 0 Å². The van der Waals surface area contributed by atoms with E-state index < -0.39 is 11.9 Å². The van der Waals surface area contributed by atoms with Gasteiger partial charge in [0, 0.05) is 35.0 Å². The zero-order chi connectivity index (χ0) is 30.4. The summed E-state index contributed by atoms with van der Waals surface area (Å²) >= 11 is 0. The highest BCUT2D eigenvalue weighted by Crippen LogP contribution is 2.25. The minimum atomic E-state index is -0.590. The first-order chi connectivity index (χ1) is 21.4. The van der Waals surface area contributed by atoms with Crippen LogP contribution in [0.2, 0.25) is 0 Å². The van der Waals surface area contributed by atoms with Crippen LogP contribution in [0, 0.1) is 18.8 Å². The minimum Gasteiger partial charge on any atom is -0.381 e. The summed E-state index contributed by atoms with van der Waals surface area (Å²) in [6.45, 7) is 3.68. The van der Waals surface area contributed by atoms with E-state index in [-0.39, 0.29) is 16.9 Å². The standard InChI is InChI=1S/C34H26N8O2/c1-21-16-17-36-32-30(31(35)39-42(21)32)33(43)38-22(2)28-19-24-10-8-9-23(14-15-25-20-37-40-18-7-6-13-27(25)40)29(24)34(44)41(28)26-11-4-3-5-12-26/h3-13,16-20,22H,1-2H3,(H2,35,39)(H,38,43). The number of carbonyl (C=O) groups excluding carboxylic acids is 1. The molecule has 1 amide bonds. The van der Waals surface area contributed by atoms with E-state index in [0.717, 1.165) is 16.8 Å². The van der Waals surface area contributed by atoms with Gasteiger partial charge < -0.3 is 11.1 Å². The van der Waals surface area contributed by atoms with Crippen LogP contribution in [0.1, 0.15) is 45.8 Å². The molecule has 0 saturated carbocycles. The second-order valence-electron chi connectivity index (χ2n) is 10.4. The normalized spacial score (nSPS) is 11.9. The van der Waals surface area contributed by atoms with Crippen molar-refractivity contribution < 1.29 is 4.79 Å². The van der Waals surface area contributed by atoms with Crippen molar-refractivity contribution >= 4 is 33.7 Å². The molecular weight excluding hydrogens is 552 g/mol. The average molecular weight is 579 g/mol. The van der Waals surface area contributed by atoms with Gasteiger partial charge in [-0.3, -0.25) is 14.2 Å². The maximum atomic E-state index is 14.4. The maximum Gasteiger partial charge on any atom is 0.264 e. The van der Waals surface area contributed by atoms with Gasteiger partial charge in [0.2, 0.25) is 0 Å². The van der Waals surface area contributed by atoms with E-state index in [1.54, 1.807) is 32.1 Å². The SMILES string of the molecule is Cc1ccnc2c(C(=O)NC(C)c3cc4cccc(C#Cc5cnn6ccccc56)c4c(=O)n3-c3ccccc3)c(N)nn12. The highest BCUT2D eigenvalue weighted by molar-refractivity contribution is 6.04. The lowest BCUT2D eigenvalue weighted by atomic mass is 10.0. The van der Waals surface area contributed by atoms with Crippen LogP contribution in [0.4, 0.5) is 5.82 Å². The van der Waals surface area contributed by atoms with Crippen LogP contribution < -0.4 is 16.6 Å². The predicted octanol–water partition coefficient (Wildman–Crippen LogP) is 4.46. The molecule has 0 saturated heterocycles. The third-order valence-corrected chi connectivity index (χ3v) is 7.60. The zero-order valence-corrected chi connectivity index (χ0v) is 23.9. The van der Waals surface area contributed by atoms with Crippen LogP contribution in [0.15, 0.2) is 102 Å². The van der Waals surface area contributed by atoms with Crippen LogP contribution in [0.25, 0.3) is 27.6 Å². The number of nitrogen functional groups attached to an aromatic ring is 1. The molecule has 5 aromatic heterocycles. The summed E-state index contributed by atoms with van der Waals surface area (Å²) < 4.78 is 4.92. The van der Waals surface area contributed by atoms with Crippen molar-refractivity contribution in [1.29, 1.82) is 0 Å². The van der Waals surface area contributed by atoms with Crippen molar-refractivity contribution in [3.63, 3.8) is 0 Å². The highest BCUT2D eigenvalue weighted by atomic mass is 16.2. The molecule has 0 fully saturated rings. The van der Waals surface area contributed by atoms with Crippen molar-refractivity contribution in [2.45, 2.75) is 19.9 Å². The van der Waals surface area contributed by atoms with E-state index in [1.165, 1.54) is 0 Å². The average Bonchev–Trinajstić information content (AvgIpc) is 3.61. The number of para-hydroxylation sites is 1. The van der Waals surface area contributed by atoms with Gasteiger partial charge in [-0.25, -0.2) is 14.0 Å². The second-order valence-corrected chi connectivity index (χ2v) is 10.4. The number of nitrogens with one attached hydrogen (secondary N) is 1. The van der Waals surface area contributed by atoms with Crippen molar-refractivity contribution in [3.05, 3.63) is 136 Å². The fourth-order valence-corrected chi connectivity index (χ4v) is 5.45. The summed E-state index contributed by atoms with van der Waals surface area (Å²) in [5.74, 6) is 6.05. The van der Waals surface area contributed by atoms with Gasteiger partial charge in [0.1, 0.15) is 5.56 Å². The van der Waals surface area contributed by atoms with E-state index in [0.29, 0.717) is 33.4 Å². The molecular formula is C34H26N8O2. The summed E-state index contributed by atoms with van der Waals surface area (Å²) in [6.07, 6.45) is 5.18. The number of carbonyl (C=O) groups is 1. The molecule has 0 aliphatic carbocycles. The lowest BCUT2D eigenvalue weighted by Gasteiger charge is -2.21. The minimum absolute atomic E-state index is 0.0740. The topological polar surface area (TPSA) is 125 Å². The molecule has 1 atom stereocenters. The Balaban J connectivity index is 1.35. The smallest absolute Gasteiger partial charge is 0.264 e. The van der Waals surface area contributed by atoms with Gasteiger partial charge in [-0.2, -0.15) is 5.10 Å². The Bertz CT molecular complexity index is 2360. The third kappa shape index (κ3) is 4.44. The van der Waals surface area contributed by atoms with Crippen LogP contribution in [0.5, 0.6) is 0 Å². The monoisotopic (exact) mass is 578 g/mol. The highest BCUT2D eigenvalue weighted by Gasteiger charge is 2.24. The summed E-state index contributed by atoms with van der Waals surface area (Å²) in [5, 5.41) is 12.9. The summed E-state index contributed by atoms with van der Waals surface area (Å²) in [4.78, 5) is 32.3. The number of nitrogens with zero attached hydrogens (tertiary/aromatic N) is 6. The number of amides is 1. The third-order valence-electron chi connectivity index (χ3n) is 7.60. The van der Waals surface area contributed by atoms with E-state index >= 15 is 0 Å². The Labute approximate surface area is 251 Å². The molecule has 3 N–H and O–H groups in total. The molecule has 0 radical (unpaired) electrons. The largest absolute Gasteiger partial charge is 0.381 e. The molecule has 0 aliphatic heterocycles. The zero-order valence-electron chi connectivity index (χ0n) is 23.9. The number of hydrogen-bond acceptors (Lipinski definition) is 6. The quantitative estimate of drug-likeness (QED) is 0.297. The first kappa shape index (κ1) is 26.7. The van der Waals surface area contributed by atoms with Gasteiger partial charge in [0.25, 0.3) is 11.5 Å².